The van der Waals surface area contributed by atoms with Gasteiger partial charge in [-0.3, -0.25) is 9.78 Å². The minimum Gasteiger partial charge on any atom is -0.471 e. The molecule has 1 aliphatic heterocycles. The summed E-state index contributed by atoms with van der Waals surface area (Å²) in [4.78, 5) is 17.5. The van der Waals surface area contributed by atoms with E-state index in [9.17, 15) is 4.79 Å². The molecule has 4 nitrogen and oxygen atoms in total. The molecule has 0 saturated carbocycles. The van der Waals surface area contributed by atoms with Gasteiger partial charge in [-0.15, -0.1) is 0 Å². The zero-order valence-corrected chi connectivity index (χ0v) is 11.7. The lowest BCUT2D eigenvalue weighted by Crippen LogP contribution is -2.42. The van der Waals surface area contributed by atoms with E-state index in [1.165, 1.54) is 11.1 Å². The molecule has 1 aromatic carbocycles. The molecule has 0 amide bonds. The highest BCUT2D eigenvalue weighted by atomic mass is 32.1. The van der Waals surface area contributed by atoms with Crippen molar-refractivity contribution in [1.82, 2.24) is 9.97 Å². The summed E-state index contributed by atoms with van der Waals surface area (Å²) >= 11 is 5.03. The maximum atomic E-state index is 11.9. The van der Waals surface area contributed by atoms with E-state index in [4.69, 9.17) is 17.0 Å². The van der Waals surface area contributed by atoms with Crippen LogP contribution in [0.15, 0.2) is 29.1 Å². The van der Waals surface area contributed by atoms with E-state index < -0.39 is 0 Å². The van der Waals surface area contributed by atoms with Crippen molar-refractivity contribution in [2.75, 3.05) is 0 Å². The lowest BCUT2D eigenvalue weighted by molar-refractivity contribution is 0.0501. The van der Waals surface area contributed by atoms with Gasteiger partial charge in [0.25, 0.3) is 5.56 Å². The maximum absolute atomic E-state index is 11.9. The highest BCUT2D eigenvalue weighted by molar-refractivity contribution is 7.71. The second-order valence-electron chi connectivity index (χ2n) is 5.62. The number of aromatic nitrogens is 2. The van der Waals surface area contributed by atoms with Crippen molar-refractivity contribution in [3.8, 4) is 5.88 Å². The van der Waals surface area contributed by atoms with Gasteiger partial charge < -0.3 is 9.72 Å². The Balaban J connectivity index is 1.75. The zero-order chi connectivity index (χ0) is 13.7. The van der Waals surface area contributed by atoms with E-state index >= 15 is 0 Å². The number of hydrogen-bond donors (Lipinski definition) is 2. The van der Waals surface area contributed by atoms with Crippen LogP contribution in [0.3, 0.4) is 0 Å². The Kier molecular flexibility index (Phi) is 2.41. The van der Waals surface area contributed by atoms with Crippen LogP contribution in [0.4, 0.5) is 0 Å². The topological polar surface area (TPSA) is 57.9 Å². The second kappa shape index (κ2) is 4.06. The molecule has 2 heterocycles. The molecule has 2 aliphatic rings. The summed E-state index contributed by atoms with van der Waals surface area (Å²) in [5, 5.41) is 0. The molecule has 1 aromatic heterocycles. The van der Waals surface area contributed by atoms with E-state index in [1.54, 1.807) is 0 Å². The fourth-order valence-corrected chi connectivity index (χ4v) is 3.52. The SMILES string of the molecule is O=c1[nH]c(=S)[nH]c2c1CCC1(Cc3ccccc3C1)O2. The van der Waals surface area contributed by atoms with Gasteiger partial charge in [-0.2, -0.15) is 0 Å². The van der Waals surface area contributed by atoms with Gasteiger partial charge in [0.2, 0.25) is 5.88 Å². The Bertz CT molecular complexity index is 781. The van der Waals surface area contributed by atoms with Crippen molar-refractivity contribution in [2.45, 2.75) is 31.3 Å². The number of rotatable bonds is 0. The number of nitrogens with one attached hydrogen (secondary N) is 2. The normalized spacial score (nSPS) is 18.4. The first-order chi connectivity index (χ1) is 9.65. The number of hydrogen-bond acceptors (Lipinski definition) is 3. The highest BCUT2D eigenvalue weighted by Crippen LogP contribution is 2.40. The summed E-state index contributed by atoms with van der Waals surface area (Å²) in [6.07, 6.45) is 3.39. The Labute approximate surface area is 120 Å². The van der Waals surface area contributed by atoms with E-state index in [2.05, 4.69) is 34.2 Å². The van der Waals surface area contributed by atoms with Crippen LogP contribution in [0.1, 0.15) is 23.1 Å². The van der Waals surface area contributed by atoms with Gasteiger partial charge in [0, 0.05) is 12.8 Å². The molecular formula is C15H14N2O2S. The molecule has 2 aromatic rings. The quantitative estimate of drug-likeness (QED) is 0.731. The second-order valence-corrected chi connectivity index (χ2v) is 6.03. The van der Waals surface area contributed by atoms with Gasteiger partial charge in [-0.25, -0.2) is 0 Å². The molecule has 0 radical (unpaired) electrons. The summed E-state index contributed by atoms with van der Waals surface area (Å²) < 4.78 is 6.50. The first kappa shape index (κ1) is 11.9. The van der Waals surface area contributed by atoms with Gasteiger partial charge >= 0.3 is 0 Å². The van der Waals surface area contributed by atoms with Gasteiger partial charge in [-0.05, 0) is 36.2 Å². The molecular weight excluding hydrogens is 272 g/mol. The van der Waals surface area contributed by atoms with Gasteiger partial charge in [0.15, 0.2) is 4.77 Å². The molecule has 4 rings (SSSR count). The summed E-state index contributed by atoms with van der Waals surface area (Å²) in [7, 11) is 0. The summed E-state index contributed by atoms with van der Waals surface area (Å²) in [6.45, 7) is 0. The minimum absolute atomic E-state index is 0.130. The number of benzene rings is 1. The first-order valence-corrected chi connectivity index (χ1v) is 7.17. The molecule has 1 aliphatic carbocycles. The van der Waals surface area contributed by atoms with Gasteiger partial charge in [-0.1, -0.05) is 24.3 Å². The average Bonchev–Trinajstić information content (AvgIpc) is 2.75. The Hall–Kier alpha value is -1.88. The molecule has 5 heteroatoms. The first-order valence-electron chi connectivity index (χ1n) is 6.77. The smallest absolute Gasteiger partial charge is 0.258 e. The van der Waals surface area contributed by atoms with Crippen LogP contribution in [-0.2, 0) is 19.3 Å². The standard InChI is InChI=1S/C15H14N2O2S/c18-12-11-5-6-15(19-13(11)17-14(20)16-12)7-9-3-1-2-4-10(9)8-15/h1-4H,5-8H2,(H2,16,17,18,20). The van der Waals surface area contributed by atoms with Gasteiger partial charge in [0.05, 0.1) is 5.56 Å². The average molecular weight is 286 g/mol. The summed E-state index contributed by atoms with van der Waals surface area (Å²) in [5.41, 5.74) is 3.02. The van der Waals surface area contributed by atoms with Crippen LogP contribution in [0.2, 0.25) is 0 Å². The Morgan fingerprint density at radius 3 is 2.55 bits per heavy atom. The largest absolute Gasteiger partial charge is 0.471 e. The van der Waals surface area contributed by atoms with Gasteiger partial charge in [0.1, 0.15) is 5.60 Å². The van der Waals surface area contributed by atoms with Crippen LogP contribution in [0.25, 0.3) is 0 Å². The van der Waals surface area contributed by atoms with Crippen molar-refractivity contribution >= 4 is 12.2 Å². The molecule has 20 heavy (non-hydrogen) atoms. The number of ether oxygens (including phenoxy) is 1. The number of fused-ring (bicyclic) bond motifs is 2. The molecule has 0 unspecified atom stereocenters. The lowest BCUT2D eigenvalue weighted by Gasteiger charge is -2.34. The van der Waals surface area contributed by atoms with Crippen molar-refractivity contribution in [2.24, 2.45) is 0 Å². The van der Waals surface area contributed by atoms with Crippen LogP contribution < -0.4 is 10.3 Å². The lowest BCUT2D eigenvalue weighted by atomic mass is 9.90. The van der Waals surface area contributed by atoms with E-state index in [1.807, 2.05) is 0 Å². The van der Waals surface area contributed by atoms with Crippen molar-refractivity contribution in [3.63, 3.8) is 0 Å². The van der Waals surface area contributed by atoms with E-state index in [0.717, 1.165) is 25.7 Å². The van der Waals surface area contributed by atoms with E-state index in [0.29, 0.717) is 16.2 Å². The maximum Gasteiger partial charge on any atom is 0.258 e. The molecule has 0 atom stereocenters. The molecule has 102 valence electrons. The monoisotopic (exact) mass is 286 g/mol. The third-order valence-electron chi connectivity index (χ3n) is 4.30. The predicted octanol–water partition coefficient (Wildman–Crippen LogP) is 2.30. The Morgan fingerprint density at radius 1 is 1.15 bits per heavy atom. The predicted molar refractivity (Wildman–Crippen MR) is 77.8 cm³/mol. The van der Waals surface area contributed by atoms with Crippen LogP contribution in [0.5, 0.6) is 5.88 Å². The third kappa shape index (κ3) is 1.73. The molecule has 0 bridgehead atoms. The fraction of sp³-hybridized carbons (Fsp3) is 0.333. The molecule has 0 saturated heterocycles. The molecule has 1 spiro atoms. The van der Waals surface area contributed by atoms with Crippen molar-refractivity contribution in [3.05, 3.63) is 56.1 Å². The fourth-order valence-electron chi connectivity index (χ4n) is 3.33. The third-order valence-corrected chi connectivity index (χ3v) is 4.50. The van der Waals surface area contributed by atoms with Crippen molar-refractivity contribution in [1.29, 1.82) is 0 Å². The summed E-state index contributed by atoms with van der Waals surface area (Å²) in [6, 6.07) is 8.44. The minimum atomic E-state index is -0.219. The summed E-state index contributed by atoms with van der Waals surface area (Å²) in [5.74, 6) is 0.554. The van der Waals surface area contributed by atoms with Crippen LogP contribution in [-0.4, -0.2) is 15.6 Å². The number of aromatic amines is 2. The van der Waals surface area contributed by atoms with Crippen molar-refractivity contribution < 1.29 is 4.74 Å². The Morgan fingerprint density at radius 2 is 1.85 bits per heavy atom. The molecule has 2 N–H and O–H groups in total. The highest BCUT2D eigenvalue weighted by Gasteiger charge is 2.42. The van der Waals surface area contributed by atoms with Crippen LogP contribution in [0, 0.1) is 4.77 Å². The van der Waals surface area contributed by atoms with E-state index in [-0.39, 0.29) is 11.2 Å². The van der Waals surface area contributed by atoms with Crippen LogP contribution >= 0.6 is 12.2 Å². The number of H-pyrrole nitrogens is 2. The molecule has 0 fully saturated rings. The zero-order valence-electron chi connectivity index (χ0n) is 10.9.